The number of rotatable bonds is 4. The topological polar surface area (TPSA) is 55.8 Å². The second-order valence-corrected chi connectivity index (χ2v) is 5.57. The molecule has 0 saturated carbocycles. The molecule has 0 aromatic heterocycles. The van der Waals surface area contributed by atoms with Crippen LogP contribution in [-0.4, -0.2) is 19.3 Å². The van der Waals surface area contributed by atoms with E-state index in [1.807, 2.05) is 0 Å². The van der Waals surface area contributed by atoms with Crippen molar-refractivity contribution in [3.63, 3.8) is 0 Å². The highest BCUT2D eigenvalue weighted by Gasteiger charge is 2.33. The quantitative estimate of drug-likeness (QED) is 0.835. The van der Waals surface area contributed by atoms with E-state index in [1.54, 1.807) is 18.2 Å². The van der Waals surface area contributed by atoms with Crippen molar-refractivity contribution in [3.8, 4) is 0 Å². The Balaban J connectivity index is 3.03. The van der Waals surface area contributed by atoms with Crippen molar-refractivity contribution in [2.75, 3.05) is 14.2 Å². The van der Waals surface area contributed by atoms with E-state index in [-0.39, 0.29) is 0 Å². The van der Waals surface area contributed by atoms with Crippen molar-refractivity contribution in [1.29, 1.82) is 0 Å². The first kappa shape index (κ1) is 12.7. The summed E-state index contributed by atoms with van der Waals surface area (Å²) in [6, 6.07) is 6.41. The second-order valence-electron chi connectivity index (χ2n) is 2.83. The van der Waals surface area contributed by atoms with Crippen LogP contribution in [0.1, 0.15) is 11.4 Å². The summed E-state index contributed by atoms with van der Waals surface area (Å²) in [7, 11) is -1.08. The Morgan fingerprint density at radius 3 is 2.47 bits per heavy atom. The molecule has 0 saturated heterocycles. The second kappa shape index (κ2) is 5.10. The van der Waals surface area contributed by atoms with E-state index in [2.05, 4.69) is 9.05 Å². The van der Waals surface area contributed by atoms with Crippen LogP contribution in [0.25, 0.3) is 0 Å². The molecular weight excluding hydrogens is 239 g/mol. The maximum atomic E-state index is 11.8. The van der Waals surface area contributed by atoms with Crippen molar-refractivity contribution >= 4 is 19.2 Å². The van der Waals surface area contributed by atoms with Crippen molar-refractivity contribution in [2.24, 2.45) is 0 Å². The molecule has 0 spiro atoms. The molecule has 0 unspecified atom stereocenters. The number of benzene rings is 1. The van der Waals surface area contributed by atoms with Gasteiger partial charge in [-0.1, -0.05) is 23.7 Å². The third-order valence-electron chi connectivity index (χ3n) is 1.96. The largest absolute Gasteiger partial charge is 0.376 e. The zero-order valence-corrected chi connectivity index (χ0v) is 10.0. The Morgan fingerprint density at radius 1 is 1.40 bits per heavy atom. The molecule has 0 heterocycles. The van der Waals surface area contributed by atoms with Gasteiger partial charge >= 0.3 is 7.60 Å². The van der Waals surface area contributed by atoms with E-state index in [9.17, 15) is 9.67 Å². The van der Waals surface area contributed by atoms with Gasteiger partial charge in [-0.3, -0.25) is 4.57 Å². The lowest BCUT2D eigenvalue weighted by Crippen LogP contribution is -2.02. The van der Waals surface area contributed by atoms with Gasteiger partial charge in [0, 0.05) is 19.2 Å². The number of aliphatic hydroxyl groups is 1. The SMILES string of the molecule is COP(=O)(OC)[C@H](O)c1cccc(Cl)c1. The molecule has 0 aliphatic carbocycles. The van der Waals surface area contributed by atoms with Gasteiger partial charge in [-0.15, -0.1) is 0 Å². The van der Waals surface area contributed by atoms with Gasteiger partial charge < -0.3 is 14.2 Å². The molecule has 0 fully saturated rings. The molecule has 15 heavy (non-hydrogen) atoms. The lowest BCUT2D eigenvalue weighted by molar-refractivity contribution is 0.176. The summed E-state index contributed by atoms with van der Waals surface area (Å²) in [5.41, 5.74) is 0.398. The molecule has 1 atom stereocenters. The summed E-state index contributed by atoms with van der Waals surface area (Å²) < 4.78 is 21.2. The van der Waals surface area contributed by atoms with Gasteiger partial charge in [0.25, 0.3) is 0 Å². The van der Waals surface area contributed by atoms with Crippen molar-refractivity contribution < 1.29 is 18.7 Å². The van der Waals surface area contributed by atoms with Gasteiger partial charge in [0.1, 0.15) is 0 Å². The normalized spacial score (nSPS) is 13.9. The summed E-state index contributed by atoms with van der Waals surface area (Å²) in [5, 5.41) is 10.2. The van der Waals surface area contributed by atoms with Crippen LogP contribution in [0.2, 0.25) is 5.02 Å². The van der Waals surface area contributed by atoms with Gasteiger partial charge in [0.15, 0.2) is 5.85 Å². The summed E-state index contributed by atoms with van der Waals surface area (Å²) in [4.78, 5) is 0. The third kappa shape index (κ3) is 2.80. The number of hydrogen-bond donors (Lipinski definition) is 1. The lowest BCUT2D eigenvalue weighted by Gasteiger charge is -2.19. The van der Waals surface area contributed by atoms with E-state index in [4.69, 9.17) is 11.6 Å². The molecule has 4 nitrogen and oxygen atoms in total. The minimum atomic E-state index is -3.52. The van der Waals surface area contributed by atoms with Gasteiger partial charge in [-0.2, -0.15) is 0 Å². The fourth-order valence-corrected chi connectivity index (χ4v) is 2.40. The Kier molecular flexibility index (Phi) is 4.32. The lowest BCUT2D eigenvalue weighted by atomic mass is 10.2. The molecule has 6 heteroatoms. The smallest absolute Gasteiger partial charge is 0.362 e. The van der Waals surface area contributed by atoms with Crippen LogP contribution in [0.15, 0.2) is 24.3 Å². The average Bonchev–Trinajstić information content (AvgIpc) is 2.27. The van der Waals surface area contributed by atoms with Gasteiger partial charge in [-0.05, 0) is 17.7 Å². The summed E-state index contributed by atoms with van der Waals surface area (Å²) >= 11 is 5.74. The Morgan fingerprint density at radius 2 is 2.00 bits per heavy atom. The highest BCUT2D eigenvalue weighted by atomic mass is 35.5. The predicted octanol–water partition coefficient (Wildman–Crippen LogP) is 2.82. The molecule has 0 radical (unpaired) electrons. The Hall–Kier alpha value is -0.380. The fraction of sp³-hybridized carbons (Fsp3) is 0.333. The highest BCUT2D eigenvalue weighted by molar-refractivity contribution is 7.53. The van der Waals surface area contributed by atoms with Crippen LogP contribution in [-0.2, 0) is 13.6 Å². The molecule has 1 N–H and O–H groups in total. The minimum absolute atomic E-state index is 0.398. The molecule has 1 aromatic rings. The summed E-state index contributed by atoms with van der Waals surface area (Å²) in [6.45, 7) is 0. The Labute approximate surface area is 93.3 Å². The zero-order valence-electron chi connectivity index (χ0n) is 8.38. The maximum Gasteiger partial charge on any atom is 0.362 e. The summed E-state index contributed by atoms with van der Waals surface area (Å²) in [5.74, 6) is -1.33. The zero-order chi connectivity index (χ0) is 11.5. The van der Waals surface area contributed by atoms with Crippen LogP contribution in [0.5, 0.6) is 0 Å². The predicted molar refractivity (Wildman–Crippen MR) is 58.0 cm³/mol. The molecule has 1 aromatic carbocycles. The molecule has 0 bridgehead atoms. The van der Waals surface area contributed by atoms with E-state index in [0.29, 0.717) is 10.6 Å². The van der Waals surface area contributed by atoms with Crippen LogP contribution < -0.4 is 0 Å². The van der Waals surface area contributed by atoms with Crippen molar-refractivity contribution in [3.05, 3.63) is 34.9 Å². The minimum Gasteiger partial charge on any atom is -0.376 e. The molecule has 0 aliphatic heterocycles. The fourth-order valence-electron chi connectivity index (χ4n) is 1.12. The molecule has 0 aliphatic rings. The van der Waals surface area contributed by atoms with E-state index in [1.165, 1.54) is 20.3 Å². The van der Waals surface area contributed by atoms with Crippen molar-refractivity contribution in [2.45, 2.75) is 5.85 Å². The maximum absolute atomic E-state index is 11.8. The summed E-state index contributed by atoms with van der Waals surface area (Å²) in [6.07, 6.45) is 0. The highest BCUT2D eigenvalue weighted by Crippen LogP contribution is 2.58. The van der Waals surface area contributed by atoms with Crippen LogP contribution in [0.3, 0.4) is 0 Å². The monoisotopic (exact) mass is 250 g/mol. The average molecular weight is 251 g/mol. The van der Waals surface area contributed by atoms with Gasteiger partial charge in [0.05, 0.1) is 0 Å². The van der Waals surface area contributed by atoms with Crippen molar-refractivity contribution in [1.82, 2.24) is 0 Å². The van der Waals surface area contributed by atoms with Crippen LogP contribution in [0, 0.1) is 0 Å². The van der Waals surface area contributed by atoms with Crippen LogP contribution >= 0.6 is 19.2 Å². The van der Waals surface area contributed by atoms with E-state index >= 15 is 0 Å². The van der Waals surface area contributed by atoms with Crippen LogP contribution in [0.4, 0.5) is 0 Å². The Bertz CT molecular complexity index is 374. The molecular formula is C9H12ClO4P. The van der Waals surface area contributed by atoms with E-state index < -0.39 is 13.4 Å². The number of hydrogen-bond acceptors (Lipinski definition) is 4. The van der Waals surface area contributed by atoms with Gasteiger partial charge in [-0.25, -0.2) is 0 Å². The number of halogens is 1. The molecule has 84 valence electrons. The first-order chi connectivity index (χ1) is 7.03. The molecule has 0 amide bonds. The van der Waals surface area contributed by atoms with E-state index in [0.717, 1.165) is 0 Å². The first-order valence-corrected chi connectivity index (χ1v) is 6.17. The van der Waals surface area contributed by atoms with Gasteiger partial charge in [0.2, 0.25) is 0 Å². The first-order valence-electron chi connectivity index (χ1n) is 4.18. The molecule has 1 rings (SSSR count). The standard InChI is InChI=1S/C9H12ClO4P/c1-13-15(12,14-2)9(11)7-4-3-5-8(10)6-7/h3-6,9,11H,1-2H3/t9-/m0/s1. The number of aliphatic hydroxyl groups excluding tert-OH is 1. The third-order valence-corrected chi connectivity index (χ3v) is 4.11.